The van der Waals surface area contributed by atoms with E-state index in [4.69, 9.17) is 14.2 Å². The van der Waals surface area contributed by atoms with Gasteiger partial charge in [0.1, 0.15) is 23.4 Å². The van der Waals surface area contributed by atoms with Crippen molar-refractivity contribution in [2.45, 2.75) is 64.6 Å². The molecule has 3 aromatic rings. The number of esters is 1. The van der Waals surface area contributed by atoms with Gasteiger partial charge in [-0.05, 0) is 92.6 Å². The molecular formula is C33H36FNO6. The number of fused-ring (bicyclic) bond motifs is 2. The molecule has 0 unspecified atom stereocenters. The van der Waals surface area contributed by atoms with Gasteiger partial charge in [0.05, 0.1) is 25.7 Å². The number of hydrogen-bond donors (Lipinski definition) is 2. The summed E-state index contributed by atoms with van der Waals surface area (Å²) < 4.78 is 32.2. The minimum atomic E-state index is -1.01. The van der Waals surface area contributed by atoms with Crippen LogP contribution < -0.4 is 14.8 Å². The SMILES string of the molecule is COC(=O)C[C@@H]1COc2cc(O[C@@H]3CCc4c(-c5c(C)cc(C(=O)NCC(C)(C)O)cc5C)ccc(F)c43)ccc21. The first-order chi connectivity index (χ1) is 19.4. The smallest absolute Gasteiger partial charge is 0.306 e. The Bertz CT molecular complexity index is 1490. The summed E-state index contributed by atoms with van der Waals surface area (Å²) in [6.45, 7) is 7.72. The quantitative estimate of drug-likeness (QED) is 0.342. The van der Waals surface area contributed by atoms with Gasteiger partial charge in [0.2, 0.25) is 0 Å². The van der Waals surface area contributed by atoms with Gasteiger partial charge in [-0.3, -0.25) is 9.59 Å². The van der Waals surface area contributed by atoms with Crippen molar-refractivity contribution in [2.75, 3.05) is 20.3 Å². The highest BCUT2D eigenvalue weighted by molar-refractivity contribution is 5.96. The number of aliphatic hydroxyl groups is 1. The monoisotopic (exact) mass is 561 g/mol. The molecule has 0 radical (unpaired) electrons. The van der Waals surface area contributed by atoms with Gasteiger partial charge < -0.3 is 24.6 Å². The summed E-state index contributed by atoms with van der Waals surface area (Å²) in [7, 11) is 1.37. The Hall–Kier alpha value is -3.91. The molecule has 1 heterocycles. The highest BCUT2D eigenvalue weighted by Gasteiger charge is 2.32. The molecule has 2 atom stereocenters. The Morgan fingerprint density at radius 2 is 1.85 bits per heavy atom. The number of nitrogens with one attached hydrogen (secondary N) is 1. The van der Waals surface area contributed by atoms with Gasteiger partial charge in [0, 0.05) is 35.2 Å². The lowest BCUT2D eigenvalue weighted by molar-refractivity contribution is -0.141. The molecule has 0 aromatic heterocycles. The number of ether oxygens (including phenoxy) is 3. The second-order valence-electron chi connectivity index (χ2n) is 11.6. The number of amides is 1. The number of hydrogen-bond acceptors (Lipinski definition) is 6. The predicted octanol–water partition coefficient (Wildman–Crippen LogP) is 5.72. The van der Waals surface area contributed by atoms with E-state index >= 15 is 4.39 Å². The summed E-state index contributed by atoms with van der Waals surface area (Å²) in [5, 5.41) is 12.7. The molecule has 0 saturated heterocycles. The fourth-order valence-electron chi connectivity index (χ4n) is 5.89. The molecule has 41 heavy (non-hydrogen) atoms. The summed E-state index contributed by atoms with van der Waals surface area (Å²) >= 11 is 0. The van der Waals surface area contributed by atoms with Crippen LogP contribution in [0.15, 0.2) is 42.5 Å². The number of aryl methyl sites for hydroxylation is 2. The molecule has 5 rings (SSSR count). The van der Waals surface area contributed by atoms with Gasteiger partial charge in [0.25, 0.3) is 5.91 Å². The largest absolute Gasteiger partial charge is 0.492 e. The molecular weight excluding hydrogens is 525 g/mol. The molecule has 0 fully saturated rings. The second-order valence-corrected chi connectivity index (χ2v) is 11.6. The average molecular weight is 562 g/mol. The fourth-order valence-corrected chi connectivity index (χ4v) is 5.89. The maximum atomic E-state index is 15.3. The van der Waals surface area contributed by atoms with Crippen molar-refractivity contribution in [3.05, 3.63) is 81.7 Å². The molecule has 1 aliphatic carbocycles. The van der Waals surface area contributed by atoms with Crippen molar-refractivity contribution < 1.29 is 33.3 Å². The number of methoxy groups -OCH3 is 1. The molecule has 1 aliphatic heterocycles. The van der Waals surface area contributed by atoms with Crippen LogP contribution in [0.2, 0.25) is 0 Å². The minimum absolute atomic E-state index is 0.0656. The lowest BCUT2D eigenvalue weighted by Gasteiger charge is -2.20. The predicted molar refractivity (Wildman–Crippen MR) is 153 cm³/mol. The van der Waals surface area contributed by atoms with E-state index in [1.54, 1.807) is 13.8 Å². The summed E-state index contributed by atoms with van der Waals surface area (Å²) in [4.78, 5) is 24.5. The van der Waals surface area contributed by atoms with Crippen molar-refractivity contribution >= 4 is 11.9 Å². The summed E-state index contributed by atoms with van der Waals surface area (Å²) in [5.41, 5.74) is 5.65. The van der Waals surface area contributed by atoms with E-state index in [0.717, 1.165) is 33.4 Å². The highest BCUT2D eigenvalue weighted by atomic mass is 19.1. The third kappa shape index (κ3) is 5.93. The van der Waals surface area contributed by atoms with Crippen LogP contribution in [-0.4, -0.2) is 42.8 Å². The van der Waals surface area contributed by atoms with E-state index in [-0.39, 0.29) is 36.6 Å². The summed E-state index contributed by atoms with van der Waals surface area (Å²) in [5.74, 6) is 0.344. The zero-order chi connectivity index (χ0) is 29.5. The lowest BCUT2D eigenvalue weighted by atomic mass is 9.89. The van der Waals surface area contributed by atoms with Gasteiger partial charge >= 0.3 is 5.97 Å². The molecule has 3 aromatic carbocycles. The third-order valence-corrected chi connectivity index (χ3v) is 7.81. The molecule has 8 heteroatoms. The Labute approximate surface area is 239 Å². The zero-order valence-corrected chi connectivity index (χ0v) is 24.1. The van der Waals surface area contributed by atoms with E-state index in [9.17, 15) is 14.7 Å². The fraction of sp³-hybridized carbons (Fsp3) is 0.394. The van der Waals surface area contributed by atoms with E-state index < -0.39 is 11.7 Å². The molecule has 216 valence electrons. The van der Waals surface area contributed by atoms with Crippen LogP contribution in [0, 0.1) is 19.7 Å². The summed E-state index contributed by atoms with van der Waals surface area (Å²) in [6, 6.07) is 12.5. The third-order valence-electron chi connectivity index (χ3n) is 7.81. The van der Waals surface area contributed by atoms with E-state index in [1.807, 2.05) is 50.2 Å². The van der Waals surface area contributed by atoms with Crippen molar-refractivity contribution in [2.24, 2.45) is 0 Å². The van der Waals surface area contributed by atoms with Crippen molar-refractivity contribution in [1.82, 2.24) is 5.32 Å². The van der Waals surface area contributed by atoms with Crippen LogP contribution in [-0.2, 0) is 16.0 Å². The maximum absolute atomic E-state index is 15.3. The van der Waals surface area contributed by atoms with Crippen molar-refractivity contribution in [3.8, 4) is 22.6 Å². The van der Waals surface area contributed by atoms with E-state index in [2.05, 4.69) is 5.32 Å². The number of benzene rings is 3. The zero-order valence-electron chi connectivity index (χ0n) is 24.1. The van der Waals surface area contributed by atoms with Crippen molar-refractivity contribution in [1.29, 1.82) is 0 Å². The molecule has 0 saturated carbocycles. The van der Waals surface area contributed by atoms with Gasteiger partial charge in [-0.25, -0.2) is 4.39 Å². The lowest BCUT2D eigenvalue weighted by Crippen LogP contribution is -2.38. The number of carbonyl (C=O) groups is 2. The van der Waals surface area contributed by atoms with E-state index in [0.29, 0.717) is 42.1 Å². The van der Waals surface area contributed by atoms with Crippen LogP contribution in [0.25, 0.3) is 11.1 Å². The molecule has 2 N–H and O–H groups in total. The Morgan fingerprint density at radius 1 is 1.12 bits per heavy atom. The normalized spacial score (nSPS) is 17.4. The van der Waals surface area contributed by atoms with Gasteiger partial charge in [-0.1, -0.05) is 12.1 Å². The highest BCUT2D eigenvalue weighted by Crippen LogP contribution is 2.45. The first-order valence-corrected chi connectivity index (χ1v) is 13.9. The van der Waals surface area contributed by atoms with Crippen LogP contribution in [0.4, 0.5) is 4.39 Å². The minimum Gasteiger partial charge on any atom is -0.492 e. The van der Waals surface area contributed by atoms with Crippen molar-refractivity contribution in [3.63, 3.8) is 0 Å². The Balaban J connectivity index is 1.39. The molecule has 7 nitrogen and oxygen atoms in total. The van der Waals surface area contributed by atoms with Crippen LogP contribution >= 0.6 is 0 Å². The topological polar surface area (TPSA) is 94.1 Å². The number of rotatable bonds is 8. The Kier molecular flexibility index (Phi) is 7.79. The molecule has 1 amide bonds. The molecule has 0 bridgehead atoms. The van der Waals surface area contributed by atoms with E-state index in [1.165, 1.54) is 13.2 Å². The average Bonchev–Trinajstić information content (AvgIpc) is 3.52. The second kappa shape index (κ2) is 11.2. The van der Waals surface area contributed by atoms with Gasteiger partial charge in [-0.2, -0.15) is 0 Å². The first kappa shape index (κ1) is 28.6. The van der Waals surface area contributed by atoms with Crippen LogP contribution in [0.1, 0.15) is 76.9 Å². The Morgan fingerprint density at radius 3 is 2.54 bits per heavy atom. The first-order valence-electron chi connectivity index (χ1n) is 13.9. The standard InChI is InChI=1S/C33H36FNO6/c1-18-12-20(32(37)35-17-33(3,4)38)13-19(2)30(18)24-8-10-26(34)31-25(24)9-11-27(31)41-22-6-7-23-21(14-29(36)39-5)16-40-28(23)15-22/h6-8,10,12-13,15,21,27,38H,9,11,14,16-17H2,1-5H3,(H,35,37)/t21-,27-/m1/s1. The van der Waals surface area contributed by atoms with Gasteiger partial charge in [0.15, 0.2) is 0 Å². The number of halogens is 1. The molecule has 2 aliphatic rings. The van der Waals surface area contributed by atoms with Crippen LogP contribution in [0.3, 0.4) is 0 Å². The maximum Gasteiger partial charge on any atom is 0.306 e. The van der Waals surface area contributed by atoms with Gasteiger partial charge in [-0.15, -0.1) is 0 Å². The molecule has 0 spiro atoms. The van der Waals surface area contributed by atoms with Crippen LogP contribution in [0.5, 0.6) is 11.5 Å². The number of carbonyl (C=O) groups excluding carboxylic acids is 2. The summed E-state index contributed by atoms with van der Waals surface area (Å²) in [6.07, 6.45) is 1.08.